The van der Waals surface area contributed by atoms with Gasteiger partial charge in [0.1, 0.15) is 5.82 Å². The molecule has 1 aromatic rings. The molecule has 2 N–H and O–H groups in total. The highest BCUT2D eigenvalue weighted by Crippen LogP contribution is 2.26. The molecule has 1 aromatic heterocycles. The Balaban J connectivity index is 2.16. The van der Waals surface area contributed by atoms with Gasteiger partial charge in [-0.3, -0.25) is 4.98 Å². The highest BCUT2D eigenvalue weighted by atomic mass is 16.5. The van der Waals surface area contributed by atoms with Gasteiger partial charge in [0.15, 0.2) is 0 Å². The number of ether oxygens (including phenoxy) is 1. The van der Waals surface area contributed by atoms with Crippen molar-refractivity contribution >= 4 is 5.82 Å². The summed E-state index contributed by atoms with van der Waals surface area (Å²) in [5.74, 6) is 0.899. The van der Waals surface area contributed by atoms with E-state index in [-0.39, 0.29) is 5.60 Å². The number of aromatic nitrogens is 2. The standard InChI is InChI=1S/C12H20N4O/c1-12(17-2)4-3-5-16(9-12)11-8-14-7-10(6-13)15-11/h7-8H,3-6,9,13H2,1-2H3. The summed E-state index contributed by atoms with van der Waals surface area (Å²) >= 11 is 0. The Morgan fingerprint density at radius 1 is 1.53 bits per heavy atom. The lowest BCUT2D eigenvalue weighted by Gasteiger charge is -2.39. The Morgan fingerprint density at radius 2 is 2.35 bits per heavy atom. The second kappa shape index (κ2) is 4.98. The third-order valence-electron chi connectivity index (χ3n) is 3.36. The maximum atomic E-state index is 5.58. The molecule has 94 valence electrons. The van der Waals surface area contributed by atoms with Crippen LogP contribution in [0.25, 0.3) is 0 Å². The molecule has 0 saturated carbocycles. The van der Waals surface area contributed by atoms with Gasteiger partial charge in [-0.1, -0.05) is 0 Å². The Kier molecular flexibility index (Phi) is 3.59. The summed E-state index contributed by atoms with van der Waals surface area (Å²) in [4.78, 5) is 10.9. The van der Waals surface area contributed by atoms with Gasteiger partial charge in [-0.05, 0) is 19.8 Å². The van der Waals surface area contributed by atoms with Gasteiger partial charge in [0, 0.05) is 32.9 Å². The Hall–Kier alpha value is -1.20. The van der Waals surface area contributed by atoms with E-state index >= 15 is 0 Å². The van der Waals surface area contributed by atoms with E-state index in [1.807, 2.05) is 0 Å². The van der Waals surface area contributed by atoms with Crippen molar-refractivity contribution in [2.24, 2.45) is 5.73 Å². The van der Waals surface area contributed by atoms with Gasteiger partial charge in [0.2, 0.25) is 0 Å². The normalized spacial score (nSPS) is 25.0. The number of anilines is 1. The van der Waals surface area contributed by atoms with Crippen molar-refractivity contribution in [1.29, 1.82) is 0 Å². The number of nitrogens with two attached hydrogens (primary N) is 1. The first-order valence-corrected chi connectivity index (χ1v) is 5.98. The van der Waals surface area contributed by atoms with Gasteiger partial charge in [0.25, 0.3) is 0 Å². The fourth-order valence-corrected chi connectivity index (χ4v) is 2.21. The van der Waals surface area contributed by atoms with Crippen LogP contribution in [0.2, 0.25) is 0 Å². The number of hydrogen-bond donors (Lipinski definition) is 1. The fraction of sp³-hybridized carbons (Fsp3) is 0.667. The van der Waals surface area contributed by atoms with Gasteiger partial charge in [-0.2, -0.15) is 0 Å². The van der Waals surface area contributed by atoms with E-state index < -0.39 is 0 Å². The Morgan fingerprint density at radius 3 is 3.06 bits per heavy atom. The Labute approximate surface area is 102 Å². The monoisotopic (exact) mass is 236 g/mol. The molecule has 2 heterocycles. The van der Waals surface area contributed by atoms with Crippen LogP contribution >= 0.6 is 0 Å². The lowest BCUT2D eigenvalue weighted by Crippen LogP contribution is -2.47. The zero-order valence-electron chi connectivity index (χ0n) is 10.5. The second-order valence-corrected chi connectivity index (χ2v) is 4.75. The first-order chi connectivity index (χ1) is 8.17. The van der Waals surface area contributed by atoms with E-state index in [0.717, 1.165) is 37.4 Å². The van der Waals surface area contributed by atoms with Gasteiger partial charge < -0.3 is 15.4 Å². The molecule has 1 aliphatic rings. The molecule has 2 rings (SSSR count). The zero-order valence-corrected chi connectivity index (χ0v) is 10.5. The van der Waals surface area contributed by atoms with Crippen molar-refractivity contribution in [3.63, 3.8) is 0 Å². The van der Waals surface area contributed by atoms with E-state index in [1.54, 1.807) is 19.5 Å². The second-order valence-electron chi connectivity index (χ2n) is 4.75. The van der Waals surface area contributed by atoms with E-state index in [2.05, 4.69) is 21.8 Å². The lowest BCUT2D eigenvalue weighted by molar-refractivity contribution is -0.00483. The smallest absolute Gasteiger partial charge is 0.147 e. The molecular formula is C12H20N4O. The molecule has 1 fully saturated rings. The van der Waals surface area contributed by atoms with E-state index in [0.29, 0.717) is 6.54 Å². The van der Waals surface area contributed by atoms with Crippen molar-refractivity contribution in [3.8, 4) is 0 Å². The van der Waals surface area contributed by atoms with Gasteiger partial charge in [-0.15, -0.1) is 0 Å². The van der Waals surface area contributed by atoms with E-state index in [4.69, 9.17) is 10.5 Å². The zero-order chi connectivity index (χ0) is 12.3. The minimum Gasteiger partial charge on any atom is -0.377 e. The van der Waals surface area contributed by atoms with Crippen molar-refractivity contribution in [3.05, 3.63) is 18.1 Å². The van der Waals surface area contributed by atoms with Crippen LogP contribution in [0, 0.1) is 0 Å². The molecule has 0 aromatic carbocycles. The summed E-state index contributed by atoms with van der Waals surface area (Å²) < 4.78 is 5.57. The van der Waals surface area contributed by atoms with Crippen molar-refractivity contribution in [2.45, 2.75) is 31.9 Å². The highest BCUT2D eigenvalue weighted by molar-refractivity contribution is 5.37. The lowest BCUT2D eigenvalue weighted by atomic mass is 9.95. The molecule has 0 amide bonds. The van der Waals surface area contributed by atoms with Crippen molar-refractivity contribution in [1.82, 2.24) is 9.97 Å². The van der Waals surface area contributed by atoms with Crippen LogP contribution in [0.5, 0.6) is 0 Å². The molecule has 0 bridgehead atoms. The predicted octanol–water partition coefficient (Wildman–Crippen LogP) is 0.941. The fourth-order valence-electron chi connectivity index (χ4n) is 2.21. The number of methoxy groups -OCH3 is 1. The Bertz CT molecular complexity index is 385. The average Bonchev–Trinajstić information content (AvgIpc) is 2.39. The molecule has 5 nitrogen and oxygen atoms in total. The highest BCUT2D eigenvalue weighted by Gasteiger charge is 2.31. The molecule has 0 spiro atoms. The van der Waals surface area contributed by atoms with Crippen LogP contribution in [0.3, 0.4) is 0 Å². The summed E-state index contributed by atoms with van der Waals surface area (Å²) in [5.41, 5.74) is 6.32. The maximum absolute atomic E-state index is 5.58. The minimum absolute atomic E-state index is 0.0847. The molecule has 17 heavy (non-hydrogen) atoms. The van der Waals surface area contributed by atoms with Crippen LogP contribution in [0.1, 0.15) is 25.5 Å². The van der Waals surface area contributed by atoms with Crippen molar-refractivity contribution in [2.75, 3.05) is 25.1 Å². The van der Waals surface area contributed by atoms with Crippen LogP contribution in [-0.4, -0.2) is 35.8 Å². The topological polar surface area (TPSA) is 64.3 Å². The van der Waals surface area contributed by atoms with E-state index in [1.165, 1.54) is 0 Å². The molecular weight excluding hydrogens is 216 g/mol. The minimum atomic E-state index is -0.0847. The molecule has 1 aliphatic heterocycles. The van der Waals surface area contributed by atoms with Crippen LogP contribution in [0.15, 0.2) is 12.4 Å². The number of piperidine rings is 1. The maximum Gasteiger partial charge on any atom is 0.147 e. The van der Waals surface area contributed by atoms with Gasteiger partial charge >= 0.3 is 0 Å². The SMILES string of the molecule is COC1(C)CCCN(c2cncc(CN)n2)C1. The molecule has 5 heteroatoms. The van der Waals surface area contributed by atoms with Crippen LogP contribution in [-0.2, 0) is 11.3 Å². The molecule has 0 aliphatic carbocycles. The summed E-state index contributed by atoms with van der Waals surface area (Å²) in [5, 5.41) is 0. The summed E-state index contributed by atoms with van der Waals surface area (Å²) in [6.07, 6.45) is 5.70. The first-order valence-electron chi connectivity index (χ1n) is 5.98. The number of hydrogen-bond acceptors (Lipinski definition) is 5. The van der Waals surface area contributed by atoms with Gasteiger partial charge in [-0.25, -0.2) is 4.98 Å². The van der Waals surface area contributed by atoms with Gasteiger partial charge in [0.05, 0.1) is 17.5 Å². The average molecular weight is 236 g/mol. The quantitative estimate of drug-likeness (QED) is 0.846. The predicted molar refractivity (Wildman–Crippen MR) is 66.8 cm³/mol. The molecule has 1 unspecified atom stereocenters. The van der Waals surface area contributed by atoms with E-state index in [9.17, 15) is 0 Å². The number of nitrogens with zero attached hydrogens (tertiary/aromatic N) is 3. The summed E-state index contributed by atoms with van der Waals surface area (Å²) in [6, 6.07) is 0. The largest absolute Gasteiger partial charge is 0.377 e. The van der Waals surface area contributed by atoms with Crippen molar-refractivity contribution < 1.29 is 4.74 Å². The summed E-state index contributed by atoms with van der Waals surface area (Å²) in [6.45, 7) is 4.42. The first kappa shape index (κ1) is 12.3. The molecule has 1 saturated heterocycles. The number of rotatable bonds is 3. The molecule has 0 radical (unpaired) electrons. The van der Waals surface area contributed by atoms with Crippen LogP contribution < -0.4 is 10.6 Å². The molecule has 1 atom stereocenters. The van der Waals surface area contributed by atoms with Crippen LogP contribution in [0.4, 0.5) is 5.82 Å². The third-order valence-corrected chi connectivity index (χ3v) is 3.36. The summed E-state index contributed by atoms with van der Waals surface area (Å²) in [7, 11) is 1.77. The third kappa shape index (κ3) is 2.73.